The lowest BCUT2D eigenvalue weighted by Gasteiger charge is -1.97. The fraction of sp³-hybridized carbons (Fsp3) is 0.0667. The molecule has 104 valence electrons. The van der Waals surface area contributed by atoms with Gasteiger partial charge in [0.25, 0.3) is 11.6 Å². The molecule has 0 radical (unpaired) electrons. The van der Waals surface area contributed by atoms with E-state index >= 15 is 0 Å². The van der Waals surface area contributed by atoms with Crippen molar-refractivity contribution >= 4 is 5.69 Å². The van der Waals surface area contributed by atoms with Crippen LogP contribution in [0.5, 0.6) is 0 Å². The van der Waals surface area contributed by atoms with E-state index in [4.69, 9.17) is 4.42 Å². The Labute approximate surface area is 120 Å². The number of nitro benzene ring substituents is 1. The van der Waals surface area contributed by atoms with Crippen LogP contribution in [0.3, 0.4) is 0 Å². The highest BCUT2D eigenvalue weighted by atomic mass is 16.6. The number of nitrogens with zero attached hydrogens (tertiary/aromatic N) is 3. The Bertz CT molecular complexity index is 794. The van der Waals surface area contributed by atoms with Crippen molar-refractivity contribution in [1.82, 2.24) is 10.2 Å². The topological polar surface area (TPSA) is 82.1 Å². The Balaban J connectivity index is 2.03. The maximum atomic E-state index is 11.0. The van der Waals surface area contributed by atoms with Gasteiger partial charge in [-0.2, -0.15) is 0 Å². The molecule has 21 heavy (non-hydrogen) atoms. The number of benzene rings is 2. The second-order valence-corrected chi connectivity index (χ2v) is 4.55. The molecule has 0 aliphatic carbocycles. The lowest BCUT2D eigenvalue weighted by atomic mass is 10.1. The summed E-state index contributed by atoms with van der Waals surface area (Å²) in [5.74, 6) is 0.473. The normalized spacial score (nSPS) is 10.5. The van der Waals surface area contributed by atoms with Crippen LogP contribution < -0.4 is 0 Å². The summed E-state index contributed by atoms with van der Waals surface area (Å²) in [5.41, 5.74) is 2.15. The second kappa shape index (κ2) is 5.16. The molecule has 0 fully saturated rings. The van der Waals surface area contributed by atoms with Crippen LogP contribution in [0.1, 0.15) is 5.56 Å². The summed E-state index contributed by atoms with van der Waals surface area (Å²) in [5, 5.41) is 18.9. The zero-order valence-electron chi connectivity index (χ0n) is 11.2. The number of para-hydroxylation sites is 1. The van der Waals surface area contributed by atoms with Crippen LogP contribution in [0.15, 0.2) is 52.9 Å². The summed E-state index contributed by atoms with van der Waals surface area (Å²) >= 11 is 0. The summed E-state index contributed by atoms with van der Waals surface area (Å²) in [6, 6.07) is 13.9. The molecule has 0 N–H and O–H groups in total. The molecular weight excluding hydrogens is 270 g/mol. The van der Waals surface area contributed by atoms with Crippen LogP contribution in [0.4, 0.5) is 5.69 Å². The Morgan fingerprint density at radius 3 is 2.38 bits per heavy atom. The Kier molecular flexibility index (Phi) is 3.19. The van der Waals surface area contributed by atoms with E-state index in [1.165, 1.54) is 6.07 Å². The maximum absolute atomic E-state index is 11.0. The maximum Gasteiger partial charge on any atom is 0.282 e. The molecule has 0 saturated carbocycles. The summed E-state index contributed by atoms with van der Waals surface area (Å²) in [6.45, 7) is 1.98. The lowest BCUT2D eigenvalue weighted by molar-refractivity contribution is -0.384. The quantitative estimate of drug-likeness (QED) is 0.541. The summed E-state index contributed by atoms with van der Waals surface area (Å²) in [7, 11) is 0. The number of nitro groups is 1. The highest BCUT2D eigenvalue weighted by Crippen LogP contribution is 2.30. The predicted molar refractivity (Wildman–Crippen MR) is 76.6 cm³/mol. The average molecular weight is 281 g/mol. The van der Waals surface area contributed by atoms with Crippen molar-refractivity contribution in [2.75, 3.05) is 0 Å². The fourth-order valence-electron chi connectivity index (χ4n) is 1.96. The van der Waals surface area contributed by atoms with Crippen LogP contribution in [0.2, 0.25) is 0 Å². The van der Waals surface area contributed by atoms with Crippen molar-refractivity contribution in [3.63, 3.8) is 0 Å². The number of aromatic nitrogens is 2. The lowest BCUT2D eigenvalue weighted by Crippen LogP contribution is -1.91. The van der Waals surface area contributed by atoms with Gasteiger partial charge in [0.2, 0.25) is 5.89 Å². The van der Waals surface area contributed by atoms with E-state index in [1.807, 2.05) is 31.2 Å². The van der Waals surface area contributed by atoms with Gasteiger partial charge in [0.15, 0.2) is 0 Å². The Morgan fingerprint density at radius 2 is 1.67 bits per heavy atom. The molecule has 6 nitrogen and oxygen atoms in total. The van der Waals surface area contributed by atoms with Gasteiger partial charge in [-0.1, -0.05) is 29.8 Å². The molecule has 3 rings (SSSR count). The Hall–Kier alpha value is -3.02. The molecule has 0 atom stereocenters. The first-order chi connectivity index (χ1) is 10.1. The van der Waals surface area contributed by atoms with Gasteiger partial charge in [0.1, 0.15) is 5.56 Å². The minimum Gasteiger partial charge on any atom is -0.416 e. The van der Waals surface area contributed by atoms with E-state index in [0.717, 1.165) is 11.1 Å². The number of hydrogen-bond acceptors (Lipinski definition) is 5. The minimum absolute atomic E-state index is 0.0587. The summed E-state index contributed by atoms with van der Waals surface area (Å²) in [4.78, 5) is 10.6. The molecular formula is C15H11N3O3. The molecule has 0 bridgehead atoms. The van der Waals surface area contributed by atoms with Gasteiger partial charge in [0.05, 0.1) is 4.92 Å². The van der Waals surface area contributed by atoms with E-state index in [9.17, 15) is 10.1 Å². The summed E-state index contributed by atoms with van der Waals surface area (Å²) in [6.07, 6.45) is 0. The molecule has 0 aliphatic heterocycles. The van der Waals surface area contributed by atoms with E-state index < -0.39 is 4.92 Å². The van der Waals surface area contributed by atoms with Crippen LogP contribution in [-0.2, 0) is 0 Å². The standard InChI is InChI=1S/C15H11N3O3/c1-10-6-8-11(9-7-10)14-16-17-15(21-14)12-4-2-3-5-13(12)18(19)20/h2-9H,1H3. The van der Waals surface area contributed by atoms with E-state index in [2.05, 4.69) is 10.2 Å². The van der Waals surface area contributed by atoms with Crippen molar-refractivity contribution in [2.24, 2.45) is 0 Å². The first-order valence-corrected chi connectivity index (χ1v) is 6.29. The van der Waals surface area contributed by atoms with Gasteiger partial charge in [-0.05, 0) is 25.1 Å². The van der Waals surface area contributed by atoms with Gasteiger partial charge < -0.3 is 4.42 Å². The molecule has 0 amide bonds. The SMILES string of the molecule is Cc1ccc(-c2nnc(-c3ccccc3[N+](=O)[O-])o2)cc1. The molecule has 0 spiro atoms. The van der Waals surface area contributed by atoms with E-state index in [1.54, 1.807) is 18.2 Å². The molecule has 0 unspecified atom stereocenters. The van der Waals surface area contributed by atoms with Crippen LogP contribution in [-0.4, -0.2) is 15.1 Å². The van der Waals surface area contributed by atoms with Crippen molar-refractivity contribution < 1.29 is 9.34 Å². The monoisotopic (exact) mass is 281 g/mol. The molecule has 3 aromatic rings. The van der Waals surface area contributed by atoms with Crippen molar-refractivity contribution in [2.45, 2.75) is 6.92 Å². The zero-order chi connectivity index (χ0) is 14.8. The van der Waals surface area contributed by atoms with Crippen LogP contribution in [0.25, 0.3) is 22.9 Å². The van der Waals surface area contributed by atoms with Gasteiger partial charge in [0, 0.05) is 11.6 Å². The highest BCUT2D eigenvalue weighted by molar-refractivity contribution is 5.67. The summed E-state index contributed by atoms with van der Waals surface area (Å²) < 4.78 is 5.56. The minimum atomic E-state index is -0.467. The first kappa shape index (κ1) is 13.0. The molecule has 0 aliphatic rings. The van der Waals surface area contributed by atoms with Crippen molar-refractivity contribution in [1.29, 1.82) is 0 Å². The Morgan fingerprint density at radius 1 is 1.00 bits per heavy atom. The van der Waals surface area contributed by atoms with Gasteiger partial charge in [-0.25, -0.2) is 0 Å². The highest BCUT2D eigenvalue weighted by Gasteiger charge is 2.19. The second-order valence-electron chi connectivity index (χ2n) is 4.55. The third-order valence-corrected chi connectivity index (χ3v) is 3.05. The number of aryl methyl sites for hydroxylation is 1. The van der Waals surface area contributed by atoms with Crippen LogP contribution in [0, 0.1) is 17.0 Å². The average Bonchev–Trinajstić information content (AvgIpc) is 2.97. The number of hydrogen-bond donors (Lipinski definition) is 0. The largest absolute Gasteiger partial charge is 0.416 e. The predicted octanol–water partition coefficient (Wildman–Crippen LogP) is 3.62. The molecule has 1 aromatic heterocycles. The first-order valence-electron chi connectivity index (χ1n) is 6.29. The molecule has 2 aromatic carbocycles. The van der Waals surface area contributed by atoms with Gasteiger partial charge >= 0.3 is 0 Å². The van der Waals surface area contributed by atoms with E-state index in [-0.39, 0.29) is 11.6 Å². The van der Waals surface area contributed by atoms with Crippen molar-refractivity contribution in [3.05, 3.63) is 64.2 Å². The molecule has 1 heterocycles. The van der Waals surface area contributed by atoms with E-state index in [0.29, 0.717) is 11.5 Å². The van der Waals surface area contributed by atoms with Gasteiger partial charge in [-0.15, -0.1) is 10.2 Å². The smallest absolute Gasteiger partial charge is 0.282 e. The zero-order valence-corrected chi connectivity index (χ0v) is 11.2. The number of rotatable bonds is 3. The third-order valence-electron chi connectivity index (χ3n) is 3.05. The molecule has 6 heteroatoms. The fourth-order valence-corrected chi connectivity index (χ4v) is 1.96. The van der Waals surface area contributed by atoms with Crippen molar-refractivity contribution in [3.8, 4) is 22.9 Å². The third kappa shape index (κ3) is 2.51. The van der Waals surface area contributed by atoms with Crippen LogP contribution >= 0.6 is 0 Å². The molecule has 0 saturated heterocycles. The van der Waals surface area contributed by atoms with Gasteiger partial charge in [-0.3, -0.25) is 10.1 Å².